The average Bonchev–Trinajstić information content (AvgIpc) is 3.02. The number of hydrogen-bond acceptors (Lipinski definition) is 3. The van der Waals surface area contributed by atoms with Crippen molar-refractivity contribution >= 4 is 22.3 Å². The molecule has 1 fully saturated rings. The van der Waals surface area contributed by atoms with E-state index in [1.165, 1.54) is 11.6 Å². The second-order valence-electron chi connectivity index (χ2n) is 11.6. The lowest BCUT2D eigenvalue weighted by atomic mass is 9.90. The summed E-state index contributed by atoms with van der Waals surface area (Å²) >= 11 is 0. The lowest BCUT2D eigenvalue weighted by Crippen LogP contribution is -2.33. The Morgan fingerprint density at radius 3 is 2.02 bits per heavy atom. The third-order valence-corrected chi connectivity index (χ3v) is 8.29. The van der Waals surface area contributed by atoms with Gasteiger partial charge in [0.25, 0.3) is 0 Å². The number of likely N-dealkylation sites (tertiary alicyclic amines) is 1. The summed E-state index contributed by atoms with van der Waals surface area (Å²) in [6.45, 7) is 3.02. The number of piperidine rings is 1. The van der Waals surface area contributed by atoms with E-state index in [2.05, 4.69) is 51.6 Å². The number of nitrogens with zero attached hydrogens (tertiary/aromatic N) is 2. The molecule has 0 unspecified atom stereocenters. The standard InChI is InChI=1S/C36H31F6N3/c37-35(38,39)28-19-27(20-29(21-28)36(40,41)42)33-22-34(31-11-4-5-12-32(31)44-33)43-30-10-6-9-26(18-30)17-24-13-15-45(16-14-24)23-25-7-2-1-3-8-25/h1-12,18-22,24H,13-17,23H2,(H,43,44). The average molecular weight is 620 g/mol. The van der Waals surface area contributed by atoms with Gasteiger partial charge in [0.05, 0.1) is 28.0 Å². The van der Waals surface area contributed by atoms with E-state index in [0.717, 1.165) is 50.1 Å². The van der Waals surface area contributed by atoms with Gasteiger partial charge in [0, 0.05) is 23.2 Å². The van der Waals surface area contributed by atoms with Crippen molar-refractivity contribution in [3.05, 3.63) is 125 Å². The molecule has 4 aromatic carbocycles. The summed E-state index contributed by atoms with van der Waals surface area (Å²) in [4.78, 5) is 6.93. The van der Waals surface area contributed by atoms with Crippen molar-refractivity contribution in [2.45, 2.75) is 38.2 Å². The van der Waals surface area contributed by atoms with Crippen LogP contribution in [0.15, 0.2) is 103 Å². The van der Waals surface area contributed by atoms with Gasteiger partial charge in [-0.05, 0) is 91.9 Å². The fourth-order valence-electron chi connectivity index (χ4n) is 5.98. The number of anilines is 2. The maximum Gasteiger partial charge on any atom is 0.416 e. The van der Waals surface area contributed by atoms with Gasteiger partial charge in [-0.3, -0.25) is 4.90 Å². The minimum absolute atomic E-state index is 0.00576. The molecule has 45 heavy (non-hydrogen) atoms. The first-order chi connectivity index (χ1) is 21.5. The third-order valence-electron chi connectivity index (χ3n) is 8.29. The molecule has 0 aliphatic carbocycles. The molecule has 1 aromatic heterocycles. The number of fused-ring (bicyclic) bond motifs is 1. The van der Waals surface area contributed by atoms with Crippen LogP contribution in [0.2, 0.25) is 0 Å². The SMILES string of the molecule is FC(F)(F)c1cc(-c2cc(Nc3cccc(CC4CCN(Cc5ccccc5)CC4)c3)c3ccccc3n2)cc(C(F)(F)F)c1. The number of benzene rings is 4. The molecule has 5 aromatic rings. The quantitative estimate of drug-likeness (QED) is 0.184. The van der Waals surface area contributed by atoms with Crippen LogP contribution >= 0.6 is 0 Å². The zero-order valence-corrected chi connectivity index (χ0v) is 24.3. The van der Waals surface area contributed by atoms with E-state index in [-0.39, 0.29) is 17.3 Å². The molecule has 3 nitrogen and oxygen atoms in total. The molecular formula is C36H31F6N3. The normalized spacial score (nSPS) is 15.0. The Morgan fingerprint density at radius 1 is 0.689 bits per heavy atom. The van der Waals surface area contributed by atoms with Gasteiger partial charge in [-0.25, -0.2) is 4.98 Å². The van der Waals surface area contributed by atoms with E-state index >= 15 is 0 Å². The summed E-state index contributed by atoms with van der Waals surface area (Å²) in [6, 6.07) is 28.5. The van der Waals surface area contributed by atoms with Crippen LogP contribution in [0.5, 0.6) is 0 Å². The Kier molecular flexibility index (Phi) is 8.55. The summed E-state index contributed by atoms with van der Waals surface area (Å²) in [6.07, 6.45) is -6.79. The highest BCUT2D eigenvalue weighted by molar-refractivity contribution is 5.95. The lowest BCUT2D eigenvalue weighted by Gasteiger charge is -2.32. The van der Waals surface area contributed by atoms with Gasteiger partial charge in [-0.15, -0.1) is 0 Å². The van der Waals surface area contributed by atoms with Gasteiger partial charge < -0.3 is 5.32 Å². The number of halogens is 6. The van der Waals surface area contributed by atoms with Gasteiger partial charge in [-0.2, -0.15) is 26.3 Å². The van der Waals surface area contributed by atoms with Crippen LogP contribution in [0.1, 0.15) is 35.1 Å². The van der Waals surface area contributed by atoms with Gasteiger partial charge in [0.15, 0.2) is 0 Å². The van der Waals surface area contributed by atoms with Crippen molar-refractivity contribution in [2.75, 3.05) is 18.4 Å². The summed E-state index contributed by atoms with van der Waals surface area (Å²) < 4.78 is 81.5. The molecule has 1 N–H and O–H groups in total. The fourth-order valence-corrected chi connectivity index (χ4v) is 5.98. The number of rotatable bonds is 7. The van der Waals surface area contributed by atoms with Gasteiger partial charge in [0.1, 0.15) is 0 Å². The van der Waals surface area contributed by atoms with E-state index < -0.39 is 23.5 Å². The second-order valence-corrected chi connectivity index (χ2v) is 11.6. The van der Waals surface area contributed by atoms with E-state index in [9.17, 15) is 26.3 Å². The van der Waals surface area contributed by atoms with Gasteiger partial charge in [-0.1, -0.05) is 60.7 Å². The van der Waals surface area contributed by atoms with E-state index in [0.29, 0.717) is 34.6 Å². The highest BCUT2D eigenvalue weighted by Gasteiger charge is 2.37. The number of para-hydroxylation sites is 1. The molecular weight excluding hydrogens is 588 g/mol. The number of pyridine rings is 1. The molecule has 0 saturated carbocycles. The Bertz CT molecular complexity index is 1740. The van der Waals surface area contributed by atoms with E-state index in [1.54, 1.807) is 12.1 Å². The van der Waals surface area contributed by atoms with Crippen molar-refractivity contribution in [1.29, 1.82) is 0 Å². The van der Waals surface area contributed by atoms with Crippen molar-refractivity contribution in [2.24, 2.45) is 5.92 Å². The summed E-state index contributed by atoms with van der Waals surface area (Å²) in [5.74, 6) is 0.546. The first kappa shape index (κ1) is 30.6. The first-order valence-electron chi connectivity index (χ1n) is 14.8. The van der Waals surface area contributed by atoms with Crippen LogP contribution in [-0.2, 0) is 25.3 Å². The maximum atomic E-state index is 13.6. The lowest BCUT2D eigenvalue weighted by molar-refractivity contribution is -0.143. The molecule has 1 saturated heterocycles. The Labute approximate surface area is 257 Å². The summed E-state index contributed by atoms with van der Waals surface area (Å²) in [5.41, 5.74) is 1.21. The molecule has 232 valence electrons. The topological polar surface area (TPSA) is 28.2 Å². The van der Waals surface area contributed by atoms with Crippen molar-refractivity contribution in [1.82, 2.24) is 9.88 Å². The third kappa shape index (κ3) is 7.48. The zero-order chi connectivity index (χ0) is 31.6. The molecule has 0 bridgehead atoms. The summed E-state index contributed by atoms with van der Waals surface area (Å²) in [7, 11) is 0. The Balaban J connectivity index is 1.23. The number of nitrogens with one attached hydrogen (secondary N) is 1. The zero-order valence-electron chi connectivity index (χ0n) is 24.3. The molecule has 0 atom stereocenters. The smallest absolute Gasteiger partial charge is 0.355 e. The summed E-state index contributed by atoms with van der Waals surface area (Å²) in [5, 5.41) is 4.06. The number of hydrogen-bond donors (Lipinski definition) is 1. The maximum absolute atomic E-state index is 13.6. The van der Waals surface area contributed by atoms with E-state index in [1.807, 2.05) is 30.3 Å². The number of aromatic nitrogens is 1. The highest BCUT2D eigenvalue weighted by atomic mass is 19.4. The molecule has 0 spiro atoms. The van der Waals surface area contributed by atoms with Crippen molar-refractivity contribution < 1.29 is 26.3 Å². The predicted octanol–water partition coefficient (Wildman–Crippen LogP) is 10.1. The minimum atomic E-state index is -4.95. The molecule has 6 rings (SSSR count). The molecule has 1 aliphatic rings. The largest absolute Gasteiger partial charge is 0.416 e. The van der Waals surface area contributed by atoms with Crippen LogP contribution < -0.4 is 5.32 Å². The molecule has 9 heteroatoms. The van der Waals surface area contributed by atoms with Crippen LogP contribution in [-0.4, -0.2) is 23.0 Å². The van der Waals surface area contributed by atoms with Gasteiger partial charge in [0.2, 0.25) is 0 Å². The molecule has 0 amide bonds. The predicted molar refractivity (Wildman–Crippen MR) is 165 cm³/mol. The minimum Gasteiger partial charge on any atom is -0.355 e. The van der Waals surface area contributed by atoms with E-state index in [4.69, 9.17) is 0 Å². The van der Waals surface area contributed by atoms with Gasteiger partial charge >= 0.3 is 12.4 Å². The number of alkyl halides is 6. The molecule has 1 aliphatic heterocycles. The second kappa shape index (κ2) is 12.6. The van der Waals surface area contributed by atoms with Crippen LogP contribution in [0.3, 0.4) is 0 Å². The molecule has 2 heterocycles. The van der Waals surface area contributed by atoms with Crippen molar-refractivity contribution in [3.63, 3.8) is 0 Å². The van der Waals surface area contributed by atoms with Crippen LogP contribution in [0, 0.1) is 5.92 Å². The monoisotopic (exact) mass is 619 g/mol. The first-order valence-corrected chi connectivity index (χ1v) is 14.8. The Morgan fingerprint density at radius 2 is 1.33 bits per heavy atom. The fraction of sp³-hybridized carbons (Fsp3) is 0.250. The molecule has 0 radical (unpaired) electrons. The highest BCUT2D eigenvalue weighted by Crippen LogP contribution is 2.40. The van der Waals surface area contributed by atoms with Crippen LogP contribution in [0.25, 0.3) is 22.2 Å². The Hall–Kier alpha value is -4.37. The van der Waals surface area contributed by atoms with Crippen LogP contribution in [0.4, 0.5) is 37.7 Å². The van der Waals surface area contributed by atoms with Crippen molar-refractivity contribution in [3.8, 4) is 11.3 Å².